The highest BCUT2D eigenvalue weighted by atomic mass is 16.6. The molecule has 32 heavy (non-hydrogen) atoms. The van der Waals surface area contributed by atoms with Gasteiger partial charge in [0.25, 0.3) is 5.91 Å². The summed E-state index contributed by atoms with van der Waals surface area (Å²) in [7, 11) is 0. The van der Waals surface area contributed by atoms with Gasteiger partial charge in [0.15, 0.2) is 5.76 Å². The predicted molar refractivity (Wildman–Crippen MR) is 126 cm³/mol. The largest absolute Gasteiger partial charge is 0.507 e. The number of rotatable bonds is 5. The molecule has 0 saturated heterocycles. The van der Waals surface area contributed by atoms with E-state index >= 15 is 0 Å². The Balaban J connectivity index is 2.03. The van der Waals surface area contributed by atoms with Crippen LogP contribution in [-0.4, -0.2) is 28.1 Å². The van der Waals surface area contributed by atoms with Crippen LogP contribution in [0.4, 0.5) is 0 Å². The first-order valence-corrected chi connectivity index (χ1v) is 11.0. The van der Waals surface area contributed by atoms with Gasteiger partial charge in [0.2, 0.25) is 5.60 Å². The molecule has 0 saturated carbocycles. The maximum absolute atomic E-state index is 13.3. The van der Waals surface area contributed by atoms with Gasteiger partial charge < -0.3 is 15.2 Å². The fourth-order valence-electron chi connectivity index (χ4n) is 3.79. The van der Waals surface area contributed by atoms with Crippen molar-refractivity contribution in [2.45, 2.75) is 70.9 Å². The molecule has 1 aliphatic heterocycles. The molecule has 1 heterocycles. The van der Waals surface area contributed by atoms with Crippen LogP contribution in [-0.2, 0) is 26.2 Å². The summed E-state index contributed by atoms with van der Waals surface area (Å²) in [6.45, 7) is 11.9. The van der Waals surface area contributed by atoms with Crippen LogP contribution in [0.1, 0.15) is 64.7 Å². The van der Waals surface area contributed by atoms with Crippen molar-refractivity contribution in [1.82, 2.24) is 5.32 Å². The van der Waals surface area contributed by atoms with Gasteiger partial charge in [-0.25, -0.2) is 4.79 Å². The molecule has 1 aliphatic rings. The van der Waals surface area contributed by atoms with Gasteiger partial charge in [-0.05, 0) is 49.3 Å². The molecular weight excluding hydrogens is 402 g/mol. The average molecular weight is 436 g/mol. The van der Waals surface area contributed by atoms with Crippen LogP contribution in [0.3, 0.4) is 0 Å². The number of aliphatic hydroxyl groups is 1. The van der Waals surface area contributed by atoms with E-state index in [1.165, 1.54) is 0 Å². The lowest BCUT2D eigenvalue weighted by molar-refractivity contribution is -0.159. The number of carbonyl (C=O) groups is 2. The van der Waals surface area contributed by atoms with Crippen LogP contribution in [0.2, 0.25) is 0 Å². The minimum atomic E-state index is -1.77. The van der Waals surface area contributed by atoms with Gasteiger partial charge >= 0.3 is 5.97 Å². The van der Waals surface area contributed by atoms with Gasteiger partial charge in [0.05, 0.1) is 0 Å². The number of aryl methyl sites for hydroxylation is 1. The number of nitrogens with one attached hydrogen (secondary N) is 1. The second-order valence-corrected chi connectivity index (χ2v) is 10.5. The van der Waals surface area contributed by atoms with E-state index in [4.69, 9.17) is 4.74 Å². The molecule has 5 nitrogen and oxygen atoms in total. The minimum absolute atomic E-state index is 0.0441. The molecule has 0 radical (unpaired) electrons. The molecule has 1 unspecified atom stereocenters. The summed E-state index contributed by atoms with van der Waals surface area (Å²) >= 11 is 0. The molecule has 0 spiro atoms. The smallest absolute Gasteiger partial charge is 0.343 e. The van der Waals surface area contributed by atoms with Crippen LogP contribution < -0.4 is 5.32 Å². The third-order valence-electron chi connectivity index (χ3n) is 5.59. The monoisotopic (exact) mass is 435 g/mol. The molecular formula is C27H33NO4. The number of cyclic esters (lactones) is 1. The van der Waals surface area contributed by atoms with Gasteiger partial charge in [-0.15, -0.1) is 0 Å². The summed E-state index contributed by atoms with van der Waals surface area (Å²) in [5, 5.41) is 14.2. The molecule has 2 N–H and O–H groups in total. The SMILES string of the molecule is CC(C)(C)NC(=O)C1(CCc2ccccc2)OC(=O)C(c2ccc(C(C)(C)C)cc2)=C1O. The van der Waals surface area contributed by atoms with Crippen LogP contribution >= 0.6 is 0 Å². The summed E-state index contributed by atoms with van der Waals surface area (Å²) in [6.07, 6.45) is 0.603. The Labute approximate surface area is 190 Å². The predicted octanol–water partition coefficient (Wildman–Crippen LogP) is 5.10. The second kappa shape index (κ2) is 8.45. The lowest BCUT2D eigenvalue weighted by Crippen LogP contribution is -2.54. The topological polar surface area (TPSA) is 75.6 Å². The van der Waals surface area contributed by atoms with Crippen molar-refractivity contribution in [1.29, 1.82) is 0 Å². The Morgan fingerprint density at radius 1 is 0.969 bits per heavy atom. The van der Waals surface area contributed by atoms with Crippen molar-refractivity contribution in [3.8, 4) is 0 Å². The van der Waals surface area contributed by atoms with Gasteiger partial charge in [0, 0.05) is 12.0 Å². The number of esters is 1. The van der Waals surface area contributed by atoms with Gasteiger partial charge in [-0.1, -0.05) is 75.4 Å². The number of carbonyl (C=O) groups excluding carboxylic acids is 2. The van der Waals surface area contributed by atoms with E-state index < -0.39 is 23.0 Å². The van der Waals surface area contributed by atoms with Gasteiger partial charge in [-0.3, -0.25) is 4.79 Å². The first-order valence-electron chi connectivity index (χ1n) is 11.0. The Morgan fingerprint density at radius 2 is 1.56 bits per heavy atom. The Morgan fingerprint density at radius 3 is 2.09 bits per heavy atom. The van der Waals surface area contributed by atoms with E-state index in [0.717, 1.165) is 11.1 Å². The third kappa shape index (κ3) is 4.87. The summed E-state index contributed by atoms with van der Waals surface area (Å²) in [5.74, 6) is -1.54. The third-order valence-corrected chi connectivity index (χ3v) is 5.59. The van der Waals surface area contributed by atoms with E-state index in [-0.39, 0.29) is 23.2 Å². The molecule has 1 amide bonds. The van der Waals surface area contributed by atoms with Crippen molar-refractivity contribution in [3.63, 3.8) is 0 Å². The van der Waals surface area contributed by atoms with E-state index in [0.29, 0.717) is 12.0 Å². The molecule has 0 aliphatic carbocycles. The minimum Gasteiger partial charge on any atom is -0.507 e. The van der Waals surface area contributed by atoms with Crippen molar-refractivity contribution in [3.05, 3.63) is 77.0 Å². The van der Waals surface area contributed by atoms with Crippen molar-refractivity contribution < 1.29 is 19.4 Å². The maximum Gasteiger partial charge on any atom is 0.343 e. The summed E-state index contributed by atoms with van der Waals surface area (Å²) in [4.78, 5) is 26.3. The van der Waals surface area contributed by atoms with Gasteiger partial charge in [0.1, 0.15) is 5.57 Å². The molecule has 2 aromatic carbocycles. The number of ether oxygens (including phenoxy) is 1. The number of hydrogen-bond donors (Lipinski definition) is 2. The van der Waals surface area contributed by atoms with Crippen LogP contribution in [0.25, 0.3) is 5.57 Å². The fourth-order valence-corrected chi connectivity index (χ4v) is 3.79. The van der Waals surface area contributed by atoms with Crippen LogP contribution in [0, 0.1) is 0 Å². The number of aliphatic hydroxyl groups excluding tert-OH is 1. The number of benzene rings is 2. The lowest BCUT2D eigenvalue weighted by Gasteiger charge is -2.31. The standard InChI is InChI=1S/C27H33NO4/c1-25(2,3)20-14-12-19(13-15-20)21-22(29)27(32-23(21)30,24(31)28-26(4,5)6)17-16-18-10-8-7-9-11-18/h7-15,29H,16-17H2,1-6H3,(H,28,31). The fraction of sp³-hybridized carbons (Fsp3) is 0.407. The number of hydrogen-bond acceptors (Lipinski definition) is 4. The highest BCUT2D eigenvalue weighted by Crippen LogP contribution is 2.40. The normalized spacial score (nSPS) is 19.1. The zero-order valence-corrected chi connectivity index (χ0v) is 19.8. The average Bonchev–Trinajstić information content (AvgIpc) is 2.96. The Bertz CT molecular complexity index is 1020. The zero-order chi connectivity index (χ0) is 23.7. The Hall–Kier alpha value is -3.08. The van der Waals surface area contributed by atoms with Crippen LogP contribution in [0.15, 0.2) is 60.4 Å². The lowest BCUT2D eigenvalue weighted by atomic mass is 9.85. The summed E-state index contributed by atoms with van der Waals surface area (Å²) in [5.41, 5.74) is 0.305. The molecule has 5 heteroatoms. The maximum atomic E-state index is 13.3. The summed E-state index contributed by atoms with van der Waals surface area (Å²) < 4.78 is 5.68. The molecule has 0 fully saturated rings. The first-order chi connectivity index (χ1) is 14.8. The number of amides is 1. The van der Waals surface area contributed by atoms with Gasteiger partial charge in [-0.2, -0.15) is 0 Å². The zero-order valence-electron chi connectivity index (χ0n) is 19.8. The quantitative estimate of drug-likeness (QED) is 0.641. The molecule has 2 aromatic rings. The van der Waals surface area contributed by atoms with Crippen molar-refractivity contribution in [2.24, 2.45) is 0 Å². The first kappa shape index (κ1) is 23.6. The molecule has 170 valence electrons. The van der Waals surface area contributed by atoms with Crippen molar-refractivity contribution in [2.75, 3.05) is 0 Å². The van der Waals surface area contributed by atoms with E-state index in [1.54, 1.807) is 12.1 Å². The van der Waals surface area contributed by atoms with Crippen LogP contribution in [0.5, 0.6) is 0 Å². The van der Waals surface area contributed by atoms with E-state index in [2.05, 4.69) is 26.1 Å². The highest BCUT2D eigenvalue weighted by Gasteiger charge is 2.54. The second-order valence-electron chi connectivity index (χ2n) is 10.5. The molecule has 0 bridgehead atoms. The van der Waals surface area contributed by atoms with E-state index in [9.17, 15) is 14.7 Å². The molecule has 1 atom stereocenters. The van der Waals surface area contributed by atoms with Crippen molar-refractivity contribution >= 4 is 17.4 Å². The van der Waals surface area contributed by atoms with E-state index in [1.807, 2.05) is 63.2 Å². The Kier molecular flexibility index (Phi) is 6.23. The molecule has 0 aromatic heterocycles. The summed E-state index contributed by atoms with van der Waals surface area (Å²) in [6, 6.07) is 17.1. The highest BCUT2D eigenvalue weighted by molar-refractivity contribution is 6.22. The molecule has 3 rings (SSSR count).